The number of amides is 16. The Morgan fingerprint density at radius 2 is 0.664 bits per heavy atom. The van der Waals surface area contributed by atoms with Gasteiger partial charge in [0.2, 0.25) is 94.5 Å². The molecule has 0 radical (unpaired) electrons. The van der Waals surface area contributed by atoms with Crippen LogP contribution in [0.3, 0.4) is 0 Å². The second kappa shape index (κ2) is 51.1. The number of aliphatic imine (C=N–C) groups is 1. The number of nitrogens with zero attached hydrogens (tertiary/aromatic N) is 1. The lowest BCUT2D eigenvalue weighted by molar-refractivity contribution is -0.142. The lowest BCUT2D eigenvalue weighted by atomic mass is 9.95. The number of nitrogens with two attached hydrogens (primary N) is 5. The fourth-order valence-electron chi connectivity index (χ4n) is 10.1. The number of aliphatic carboxylic acids is 4. The largest absolute Gasteiger partial charge is 0.481 e. The summed E-state index contributed by atoms with van der Waals surface area (Å²) in [4.78, 5) is 266. The standard InChI is InChI=1S/C66H112N20O27/c1-11-30(8)50(86-63(110)49(29(6)7)85-62(109)48(28(4)5)84-51(98)31(9)73-56(103)39(23-47(96)97)78-52(99)33(67)13-12-20-72-66(70)71)64(111)77-36(16-19-46(94)95)54(101)75-34(14-17-43(68)90)55(102)81-41(25-88)60(107)83-42(26-89)61(108)82-40(24-87)59(106)79-37(21-27(2)3)57(104)80-38(22-44(69)91)58(105)76-35(15-18-45(92)93)53(100)74-32(10)65(112)113/h27-42,48-50,87-89H,11-26,67H2,1-10H3,(H2,68,90)(H2,69,91)(H,73,103)(H,74,100)(H,75,101)(H,76,105)(H,77,111)(H,78,99)(H,79,106)(H,80,104)(H,81,102)(H,82,108)(H,83,107)(H,84,98)(H,85,109)(H,86,110)(H,92,93)(H,94,95)(H,96,97)(H,112,113)(H4,70,71,72)/t30-,31-,32-,33-,34-,35-,36-,37-,38-,39-,40-,41-,42-,48-,49-,50-/m0/s1. The molecule has 47 nitrogen and oxygen atoms in total. The highest BCUT2D eigenvalue weighted by molar-refractivity contribution is 6.01. The molecule has 16 amide bonds. The predicted molar refractivity (Wildman–Crippen MR) is 392 cm³/mol. The molecule has 0 spiro atoms. The first kappa shape index (κ1) is 102. The molecule has 0 aliphatic heterocycles. The Balaban J connectivity index is 6.73. The van der Waals surface area contributed by atoms with Gasteiger partial charge in [-0.05, 0) is 76.0 Å². The van der Waals surface area contributed by atoms with Crippen LogP contribution in [0.15, 0.2) is 4.99 Å². The average molecular weight is 1620 g/mol. The Bertz CT molecular complexity index is 3390. The monoisotopic (exact) mass is 1620 g/mol. The van der Waals surface area contributed by atoms with Gasteiger partial charge >= 0.3 is 23.9 Å². The highest BCUT2D eigenvalue weighted by Gasteiger charge is 2.40. The molecule has 0 bridgehead atoms. The van der Waals surface area contributed by atoms with Crippen LogP contribution in [0.1, 0.15) is 146 Å². The summed E-state index contributed by atoms with van der Waals surface area (Å²) in [6.45, 7) is 10.8. The minimum Gasteiger partial charge on any atom is -0.481 e. The first-order valence-corrected chi connectivity index (χ1v) is 35.9. The van der Waals surface area contributed by atoms with Crippen molar-refractivity contribution in [3.63, 3.8) is 0 Å². The lowest BCUT2D eigenvalue weighted by Crippen LogP contribution is -2.62. The van der Waals surface area contributed by atoms with Gasteiger partial charge in [-0.1, -0.05) is 61.8 Å². The number of guanidine groups is 1. The van der Waals surface area contributed by atoms with Crippen molar-refractivity contribution in [3.05, 3.63) is 0 Å². The fraction of sp³-hybridized carbons (Fsp3) is 0.682. The molecular weight excluding hydrogens is 1500 g/mol. The number of aliphatic hydroxyl groups excluding tert-OH is 3. The smallest absolute Gasteiger partial charge is 0.325 e. The normalized spacial score (nSPS) is 15.3. The number of primary amides is 2. The van der Waals surface area contributed by atoms with Gasteiger partial charge in [0, 0.05) is 25.8 Å². The summed E-state index contributed by atoms with van der Waals surface area (Å²) < 4.78 is 0. The average Bonchev–Trinajstić information content (AvgIpc) is 0.832. The molecule has 0 aromatic carbocycles. The second-order valence-corrected chi connectivity index (χ2v) is 27.6. The first-order valence-electron chi connectivity index (χ1n) is 35.9. The third-order valence-corrected chi connectivity index (χ3v) is 16.8. The van der Waals surface area contributed by atoms with Gasteiger partial charge in [0.15, 0.2) is 5.96 Å². The van der Waals surface area contributed by atoms with Gasteiger partial charge in [0.05, 0.1) is 38.7 Å². The number of nitrogens with one attached hydrogen (secondary N) is 14. The summed E-state index contributed by atoms with van der Waals surface area (Å²) in [6, 6.07) is -25.9. The van der Waals surface area contributed by atoms with Crippen LogP contribution in [0.4, 0.5) is 0 Å². The number of carbonyl (C=O) groups excluding carboxylic acids is 16. The maximum Gasteiger partial charge on any atom is 0.325 e. The second-order valence-electron chi connectivity index (χ2n) is 27.6. The van der Waals surface area contributed by atoms with E-state index in [0.29, 0.717) is 0 Å². The Morgan fingerprint density at radius 3 is 1.04 bits per heavy atom. The number of hydrogen-bond acceptors (Lipinski definition) is 25. The minimum atomic E-state index is -2.11. The van der Waals surface area contributed by atoms with Crippen LogP contribution in [0.5, 0.6) is 0 Å². The highest BCUT2D eigenvalue weighted by Crippen LogP contribution is 2.15. The van der Waals surface area contributed by atoms with E-state index in [9.17, 15) is 132 Å². The zero-order valence-electron chi connectivity index (χ0n) is 64.4. The van der Waals surface area contributed by atoms with Crippen LogP contribution >= 0.6 is 0 Å². The van der Waals surface area contributed by atoms with E-state index in [1.165, 1.54) is 41.5 Å². The Labute approximate surface area is 649 Å². The van der Waals surface area contributed by atoms with E-state index in [1.54, 1.807) is 20.8 Å². The number of rotatable bonds is 55. The van der Waals surface area contributed by atoms with Gasteiger partial charge in [0.25, 0.3) is 0 Å². The highest BCUT2D eigenvalue weighted by atomic mass is 16.4. The van der Waals surface area contributed by atoms with Gasteiger partial charge in [-0.25, -0.2) is 0 Å². The third kappa shape index (κ3) is 38.8. The molecule has 31 N–H and O–H groups in total. The molecular formula is C66H112N20O27. The maximum absolute atomic E-state index is 14.4. The van der Waals surface area contributed by atoms with E-state index in [0.717, 1.165) is 6.92 Å². The molecule has 0 aliphatic rings. The fourth-order valence-corrected chi connectivity index (χ4v) is 10.1. The van der Waals surface area contributed by atoms with E-state index in [1.807, 2.05) is 16.0 Å². The van der Waals surface area contributed by atoms with Gasteiger partial charge in [-0.15, -0.1) is 0 Å². The molecule has 0 aliphatic carbocycles. The van der Waals surface area contributed by atoms with Gasteiger partial charge in [-0.2, -0.15) is 0 Å². The Hall–Kier alpha value is -11.5. The Morgan fingerprint density at radius 1 is 0.336 bits per heavy atom. The molecule has 0 rings (SSSR count). The molecule has 0 saturated heterocycles. The minimum absolute atomic E-state index is 0.0321. The zero-order chi connectivity index (χ0) is 87.0. The van der Waals surface area contributed by atoms with Gasteiger partial charge in [-0.3, -0.25) is 101 Å². The summed E-state index contributed by atoms with van der Waals surface area (Å²) in [6.07, 6.45) is -6.00. The molecule has 0 heterocycles. The van der Waals surface area contributed by atoms with Crippen molar-refractivity contribution in [2.75, 3.05) is 26.4 Å². The quantitative estimate of drug-likeness (QED) is 0.0153. The van der Waals surface area contributed by atoms with Crippen LogP contribution in [0.25, 0.3) is 0 Å². The molecule has 0 aromatic heterocycles. The number of carboxylic acids is 4. The molecule has 638 valence electrons. The van der Waals surface area contributed by atoms with E-state index >= 15 is 0 Å². The van der Waals surface area contributed by atoms with Crippen molar-refractivity contribution in [2.24, 2.45) is 57.3 Å². The van der Waals surface area contributed by atoms with Crippen molar-refractivity contribution < 1.29 is 132 Å². The lowest BCUT2D eigenvalue weighted by Gasteiger charge is -2.31. The number of carboxylic acid groups (broad SMARTS) is 4. The Kier molecular flexibility index (Phi) is 45.9. The SMILES string of the molecule is CC[C@H](C)[C@H](NC(=O)[C@@H](NC(=O)[C@@H](NC(=O)[C@H](C)NC(=O)[C@H](CC(=O)O)NC(=O)[C@@H](N)CCCN=C(N)N)C(C)C)C(C)C)C(=O)N[C@@H](CCC(=O)O)C(=O)N[C@@H](CCC(N)=O)C(=O)N[C@@H](CO)C(=O)N[C@@H](CO)C(=O)N[C@@H](CO)C(=O)N[C@@H](CC(C)C)C(=O)N[C@@H](CC(N)=O)C(=O)N[C@@H](CCC(=O)O)C(=O)N[C@@H](C)C(=O)O. The van der Waals surface area contributed by atoms with Crippen molar-refractivity contribution in [1.29, 1.82) is 0 Å². The van der Waals surface area contributed by atoms with Crippen molar-refractivity contribution in [1.82, 2.24) is 74.4 Å². The maximum atomic E-state index is 14.4. The molecule has 47 heteroatoms. The van der Waals surface area contributed by atoms with E-state index in [-0.39, 0.29) is 38.2 Å². The van der Waals surface area contributed by atoms with E-state index in [2.05, 4.69) is 63.5 Å². The first-order chi connectivity index (χ1) is 52.5. The third-order valence-electron chi connectivity index (χ3n) is 16.8. The summed E-state index contributed by atoms with van der Waals surface area (Å²) in [5, 5.41) is 99.9. The predicted octanol–water partition coefficient (Wildman–Crippen LogP) is -11.0. The zero-order valence-corrected chi connectivity index (χ0v) is 64.4. The molecule has 0 unspecified atom stereocenters. The molecule has 0 saturated carbocycles. The summed E-state index contributed by atoms with van der Waals surface area (Å²) in [5.41, 5.74) is 27.2. The topological polar surface area (TPSA) is 794 Å². The molecule has 0 fully saturated rings. The number of hydrogen-bond donors (Lipinski definition) is 26. The van der Waals surface area contributed by atoms with Gasteiger partial charge < -0.3 is 139 Å². The van der Waals surface area contributed by atoms with Crippen LogP contribution in [0.2, 0.25) is 0 Å². The van der Waals surface area contributed by atoms with Crippen molar-refractivity contribution >= 4 is 124 Å². The van der Waals surface area contributed by atoms with Crippen LogP contribution in [-0.2, 0) is 95.9 Å². The number of carbonyl (C=O) groups is 20. The van der Waals surface area contributed by atoms with Crippen LogP contribution in [0, 0.1) is 23.7 Å². The number of aliphatic hydroxyl groups is 3. The summed E-state index contributed by atoms with van der Waals surface area (Å²) >= 11 is 0. The summed E-state index contributed by atoms with van der Waals surface area (Å²) in [5.74, 6) is -27.8. The van der Waals surface area contributed by atoms with Crippen molar-refractivity contribution in [2.45, 2.75) is 237 Å². The summed E-state index contributed by atoms with van der Waals surface area (Å²) in [7, 11) is 0. The van der Waals surface area contributed by atoms with Crippen LogP contribution < -0.4 is 103 Å². The van der Waals surface area contributed by atoms with E-state index < -0.39 is 304 Å². The van der Waals surface area contributed by atoms with E-state index in [4.69, 9.17) is 28.7 Å². The molecule has 16 atom stereocenters. The molecule has 0 aromatic rings. The van der Waals surface area contributed by atoms with Crippen LogP contribution in [-0.4, -0.2) is 277 Å². The molecule has 113 heavy (non-hydrogen) atoms. The van der Waals surface area contributed by atoms with Crippen molar-refractivity contribution in [3.8, 4) is 0 Å². The van der Waals surface area contributed by atoms with Gasteiger partial charge in [0.1, 0.15) is 84.6 Å².